The largest absolute Gasteiger partial charge is 0.370 e. The van der Waals surface area contributed by atoms with Gasteiger partial charge in [0.05, 0.1) is 12.2 Å². The number of aliphatic imine (C=N–C) groups is 1. The monoisotopic (exact) mass is 404 g/mol. The second-order valence-electron chi connectivity index (χ2n) is 5.84. The normalized spacial score (nSPS) is 12.9. The lowest BCUT2D eigenvalue weighted by molar-refractivity contribution is 0.493. The first kappa shape index (κ1) is 20.1. The summed E-state index contributed by atoms with van der Waals surface area (Å²) in [6.07, 6.45) is 5.39. The molecule has 0 bridgehead atoms. The first-order chi connectivity index (χ1) is 9.49. The van der Waals surface area contributed by atoms with Gasteiger partial charge in [-0.05, 0) is 37.8 Å². The van der Waals surface area contributed by atoms with Crippen molar-refractivity contribution in [3.8, 4) is 0 Å². The minimum absolute atomic E-state index is 0. The molecule has 1 atom stereocenters. The summed E-state index contributed by atoms with van der Waals surface area (Å²) in [5.74, 6) is 1.27. The third-order valence-electron chi connectivity index (χ3n) is 3.33. The SMILES string of the molecule is Cc1cccnc1CN=C(N)NC(C)CCCC(C)C.I. The second kappa shape index (κ2) is 10.8. The Morgan fingerprint density at radius 2 is 2.05 bits per heavy atom. The first-order valence-corrected chi connectivity index (χ1v) is 7.46. The number of aryl methyl sites for hydroxylation is 1. The van der Waals surface area contributed by atoms with E-state index in [4.69, 9.17) is 5.73 Å². The van der Waals surface area contributed by atoms with Crippen LogP contribution in [-0.4, -0.2) is 17.0 Å². The second-order valence-corrected chi connectivity index (χ2v) is 5.84. The molecule has 0 radical (unpaired) electrons. The molecule has 0 saturated carbocycles. The number of pyridine rings is 1. The van der Waals surface area contributed by atoms with Gasteiger partial charge in [0, 0.05) is 12.2 Å². The third kappa shape index (κ3) is 8.90. The van der Waals surface area contributed by atoms with Gasteiger partial charge in [-0.2, -0.15) is 0 Å². The van der Waals surface area contributed by atoms with Crippen LogP contribution in [-0.2, 0) is 6.54 Å². The van der Waals surface area contributed by atoms with E-state index < -0.39 is 0 Å². The Morgan fingerprint density at radius 3 is 2.67 bits per heavy atom. The summed E-state index contributed by atoms with van der Waals surface area (Å²) >= 11 is 0. The Morgan fingerprint density at radius 1 is 1.33 bits per heavy atom. The zero-order valence-corrected chi connectivity index (χ0v) is 15.9. The number of hydrogen-bond acceptors (Lipinski definition) is 2. The van der Waals surface area contributed by atoms with Crippen LogP contribution in [0.2, 0.25) is 0 Å². The van der Waals surface area contributed by atoms with Crippen LogP contribution in [0.1, 0.15) is 51.3 Å². The number of guanidine groups is 1. The molecule has 1 heterocycles. The van der Waals surface area contributed by atoms with Gasteiger partial charge in [-0.15, -0.1) is 24.0 Å². The van der Waals surface area contributed by atoms with Crippen molar-refractivity contribution in [2.45, 2.75) is 59.5 Å². The van der Waals surface area contributed by atoms with Gasteiger partial charge >= 0.3 is 0 Å². The van der Waals surface area contributed by atoms with Crippen LogP contribution >= 0.6 is 24.0 Å². The molecule has 0 aliphatic carbocycles. The number of nitrogens with one attached hydrogen (secondary N) is 1. The standard InChI is InChI=1S/C16H28N4.HI/c1-12(2)7-5-9-14(4)20-16(17)19-11-15-13(3)8-6-10-18-15;/h6,8,10,12,14H,5,7,9,11H2,1-4H3,(H3,17,19,20);1H. The summed E-state index contributed by atoms with van der Waals surface area (Å²) in [6, 6.07) is 4.33. The van der Waals surface area contributed by atoms with Gasteiger partial charge in [0.15, 0.2) is 5.96 Å². The summed E-state index contributed by atoms with van der Waals surface area (Å²) in [5, 5.41) is 3.24. The van der Waals surface area contributed by atoms with Gasteiger partial charge in [0.1, 0.15) is 0 Å². The van der Waals surface area contributed by atoms with E-state index in [1.54, 1.807) is 6.20 Å². The van der Waals surface area contributed by atoms with Crippen molar-refractivity contribution < 1.29 is 0 Å². The highest BCUT2D eigenvalue weighted by Gasteiger charge is 2.04. The summed E-state index contributed by atoms with van der Waals surface area (Å²) in [7, 11) is 0. The first-order valence-electron chi connectivity index (χ1n) is 7.46. The average molecular weight is 404 g/mol. The van der Waals surface area contributed by atoms with Crippen molar-refractivity contribution in [1.29, 1.82) is 0 Å². The Balaban J connectivity index is 0.00000400. The molecule has 5 heteroatoms. The fourth-order valence-corrected chi connectivity index (χ4v) is 2.05. The van der Waals surface area contributed by atoms with E-state index in [1.165, 1.54) is 12.8 Å². The highest BCUT2D eigenvalue weighted by molar-refractivity contribution is 14.0. The van der Waals surface area contributed by atoms with E-state index in [0.29, 0.717) is 18.5 Å². The Bertz CT molecular complexity index is 432. The molecule has 0 fully saturated rings. The van der Waals surface area contributed by atoms with E-state index in [1.807, 2.05) is 19.1 Å². The molecule has 120 valence electrons. The molecule has 0 spiro atoms. The van der Waals surface area contributed by atoms with Crippen LogP contribution in [0.25, 0.3) is 0 Å². The molecule has 1 aromatic rings. The third-order valence-corrected chi connectivity index (χ3v) is 3.33. The number of rotatable bonds is 7. The van der Waals surface area contributed by atoms with E-state index >= 15 is 0 Å². The van der Waals surface area contributed by atoms with Crippen LogP contribution in [0.15, 0.2) is 23.3 Å². The number of aromatic nitrogens is 1. The highest BCUT2D eigenvalue weighted by Crippen LogP contribution is 2.08. The van der Waals surface area contributed by atoms with Crippen molar-refractivity contribution in [1.82, 2.24) is 10.3 Å². The van der Waals surface area contributed by atoms with Crippen LogP contribution < -0.4 is 11.1 Å². The van der Waals surface area contributed by atoms with Gasteiger partial charge < -0.3 is 11.1 Å². The van der Waals surface area contributed by atoms with Gasteiger partial charge in [0.2, 0.25) is 0 Å². The molecule has 4 nitrogen and oxygen atoms in total. The summed E-state index contributed by atoms with van der Waals surface area (Å²) in [4.78, 5) is 8.67. The van der Waals surface area contributed by atoms with Gasteiger partial charge in [-0.1, -0.05) is 32.8 Å². The molecule has 0 aliphatic rings. The zero-order valence-electron chi connectivity index (χ0n) is 13.6. The van der Waals surface area contributed by atoms with Gasteiger partial charge in [-0.25, -0.2) is 4.99 Å². The van der Waals surface area contributed by atoms with Crippen molar-refractivity contribution in [3.63, 3.8) is 0 Å². The molecule has 0 aliphatic heterocycles. The minimum Gasteiger partial charge on any atom is -0.370 e. The molecule has 21 heavy (non-hydrogen) atoms. The molecule has 1 rings (SSSR count). The summed E-state index contributed by atoms with van der Waals surface area (Å²) in [6.45, 7) is 9.22. The quantitative estimate of drug-likeness (QED) is 0.415. The molecule has 3 N–H and O–H groups in total. The number of hydrogen-bond donors (Lipinski definition) is 2. The molecular formula is C16H29IN4. The maximum atomic E-state index is 5.92. The van der Waals surface area contributed by atoms with Crippen LogP contribution in [0.3, 0.4) is 0 Å². The smallest absolute Gasteiger partial charge is 0.189 e. The van der Waals surface area contributed by atoms with E-state index in [9.17, 15) is 0 Å². The fraction of sp³-hybridized carbons (Fsp3) is 0.625. The Kier molecular flexibility index (Phi) is 10.4. The molecule has 0 aromatic carbocycles. The number of halogens is 1. The molecule has 0 amide bonds. The van der Waals surface area contributed by atoms with Crippen molar-refractivity contribution >= 4 is 29.9 Å². The topological polar surface area (TPSA) is 63.3 Å². The molecular weight excluding hydrogens is 375 g/mol. The van der Waals surface area contributed by atoms with Gasteiger partial charge in [-0.3, -0.25) is 4.98 Å². The van der Waals surface area contributed by atoms with Crippen LogP contribution in [0.5, 0.6) is 0 Å². The predicted molar refractivity (Wildman–Crippen MR) is 101 cm³/mol. The highest BCUT2D eigenvalue weighted by atomic mass is 127. The molecule has 0 saturated heterocycles. The van der Waals surface area contributed by atoms with E-state index in [0.717, 1.165) is 23.6 Å². The lowest BCUT2D eigenvalue weighted by Gasteiger charge is -2.15. The maximum absolute atomic E-state index is 5.92. The lowest BCUT2D eigenvalue weighted by Crippen LogP contribution is -2.38. The van der Waals surface area contributed by atoms with E-state index in [2.05, 4.69) is 36.1 Å². The average Bonchev–Trinajstić information content (AvgIpc) is 2.37. The fourth-order valence-electron chi connectivity index (χ4n) is 2.05. The van der Waals surface area contributed by atoms with Crippen LogP contribution in [0.4, 0.5) is 0 Å². The predicted octanol–water partition coefficient (Wildman–Crippen LogP) is 3.63. The van der Waals surface area contributed by atoms with Crippen LogP contribution in [0, 0.1) is 12.8 Å². The molecule has 1 unspecified atom stereocenters. The van der Waals surface area contributed by atoms with Crippen molar-refractivity contribution in [3.05, 3.63) is 29.6 Å². The number of nitrogens with zero attached hydrogens (tertiary/aromatic N) is 2. The van der Waals surface area contributed by atoms with E-state index in [-0.39, 0.29) is 24.0 Å². The Labute approximate surface area is 146 Å². The molecule has 1 aromatic heterocycles. The minimum atomic E-state index is 0. The number of nitrogens with two attached hydrogens (primary N) is 1. The summed E-state index contributed by atoms with van der Waals surface area (Å²) < 4.78 is 0. The summed E-state index contributed by atoms with van der Waals surface area (Å²) in [5.41, 5.74) is 8.04. The van der Waals surface area contributed by atoms with Crippen molar-refractivity contribution in [2.75, 3.05) is 0 Å². The lowest BCUT2D eigenvalue weighted by atomic mass is 10.0. The maximum Gasteiger partial charge on any atom is 0.189 e. The van der Waals surface area contributed by atoms with Gasteiger partial charge in [0.25, 0.3) is 0 Å². The Hall–Kier alpha value is -0.850. The van der Waals surface area contributed by atoms with Crippen molar-refractivity contribution in [2.24, 2.45) is 16.6 Å². The zero-order chi connectivity index (χ0) is 15.0.